The largest absolute Gasteiger partial charge is 0.497 e. The summed E-state index contributed by atoms with van der Waals surface area (Å²) in [5, 5.41) is -0.711. The van der Waals surface area contributed by atoms with Crippen molar-refractivity contribution in [3.05, 3.63) is 53.6 Å². The molecule has 0 spiro atoms. The van der Waals surface area contributed by atoms with E-state index in [2.05, 4.69) is 14.7 Å². The van der Waals surface area contributed by atoms with Crippen LogP contribution in [0, 0.1) is 6.92 Å². The minimum atomic E-state index is -3.59. The second-order valence-corrected chi connectivity index (χ2v) is 8.29. The Hall–Kier alpha value is -2.03. The monoisotopic (exact) mass is 377 g/mol. The van der Waals surface area contributed by atoms with E-state index < -0.39 is 21.4 Å². The van der Waals surface area contributed by atoms with Crippen LogP contribution in [-0.2, 0) is 21.3 Å². The number of ether oxygens (including phenoxy) is 2. The first-order valence-corrected chi connectivity index (χ1v) is 10.1. The molecule has 1 N–H and O–H groups in total. The Bertz CT molecular complexity index is 823. The van der Waals surface area contributed by atoms with Crippen molar-refractivity contribution in [2.24, 2.45) is 0 Å². The molecule has 0 amide bonds. The molecule has 1 aliphatic rings. The number of aromatic nitrogens is 2. The third-order valence-corrected chi connectivity index (χ3v) is 6.19. The summed E-state index contributed by atoms with van der Waals surface area (Å²) in [6, 6.07) is 7.27. The van der Waals surface area contributed by atoms with Gasteiger partial charge in [0.25, 0.3) is 0 Å². The molecule has 7 nitrogen and oxygen atoms in total. The van der Waals surface area contributed by atoms with Gasteiger partial charge in [0.05, 0.1) is 7.11 Å². The number of aryl methyl sites for hydroxylation is 1. The summed E-state index contributed by atoms with van der Waals surface area (Å²) in [6.07, 6.45) is 3.90. The zero-order chi connectivity index (χ0) is 18.6. The van der Waals surface area contributed by atoms with Crippen molar-refractivity contribution in [3.63, 3.8) is 0 Å². The highest BCUT2D eigenvalue weighted by Crippen LogP contribution is 2.31. The number of rotatable bonds is 6. The number of hydrogen-bond acceptors (Lipinski definition) is 6. The van der Waals surface area contributed by atoms with Gasteiger partial charge >= 0.3 is 0 Å². The molecule has 2 atom stereocenters. The highest BCUT2D eigenvalue weighted by atomic mass is 32.2. The topological polar surface area (TPSA) is 90.4 Å². The lowest BCUT2D eigenvalue weighted by Crippen LogP contribution is -2.41. The van der Waals surface area contributed by atoms with E-state index in [1.54, 1.807) is 31.6 Å². The fourth-order valence-corrected chi connectivity index (χ4v) is 4.48. The molecule has 26 heavy (non-hydrogen) atoms. The number of methoxy groups -OCH3 is 1. The second kappa shape index (κ2) is 8.11. The maximum atomic E-state index is 12.9. The van der Waals surface area contributed by atoms with Crippen LogP contribution < -0.4 is 9.46 Å². The van der Waals surface area contributed by atoms with Crippen molar-refractivity contribution >= 4 is 10.0 Å². The molecule has 0 saturated carbocycles. The Labute approximate surface area is 153 Å². The minimum Gasteiger partial charge on any atom is -0.497 e. The molecular weight excluding hydrogens is 354 g/mol. The first-order chi connectivity index (χ1) is 12.5. The molecule has 0 radical (unpaired) electrons. The predicted molar refractivity (Wildman–Crippen MR) is 97.2 cm³/mol. The smallest absolute Gasteiger partial charge is 0.217 e. The van der Waals surface area contributed by atoms with Crippen molar-refractivity contribution in [2.75, 3.05) is 13.7 Å². The fraction of sp³-hybridized carbons (Fsp3) is 0.444. The van der Waals surface area contributed by atoms with E-state index in [0.29, 0.717) is 25.3 Å². The van der Waals surface area contributed by atoms with E-state index in [4.69, 9.17) is 9.47 Å². The standard InChI is InChI=1S/C18H23N3O4S/c1-13-10-19-18(20-11-13)17-16(4-3-9-25-17)26(22,23)21-12-14-5-7-15(24-2)8-6-14/h5-8,10-11,16-17,21H,3-4,9,12H2,1-2H3. The highest BCUT2D eigenvalue weighted by Gasteiger charge is 2.38. The number of hydrogen-bond donors (Lipinski definition) is 1. The van der Waals surface area contributed by atoms with Crippen molar-refractivity contribution in [3.8, 4) is 5.75 Å². The van der Waals surface area contributed by atoms with Crippen LogP contribution in [0.1, 0.15) is 35.9 Å². The average Bonchev–Trinajstić information content (AvgIpc) is 2.67. The molecule has 0 bridgehead atoms. The molecule has 1 aromatic carbocycles. The highest BCUT2D eigenvalue weighted by molar-refractivity contribution is 7.90. The SMILES string of the molecule is COc1ccc(CNS(=O)(=O)C2CCCOC2c2ncc(C)cn2)cc1. The molecule has 140 valence electrons. The molecular formula is C18H23N3O4S. The summed E-state index contributed by atoms with van der Waals surface area (Å²) in [7, 11) is -2.00. The molecule has 0 aliphatic carbocycles. The average molecular weight is 377 g/mol. The summed E-state index contributed by atoms with van der Waals surface area (Å²) in [5.74, 6) is 1.14. The maximum absolute atomic E-state index is 12.9. The minimum absolute atomic E-state index is 0.213. The van der Waals surface area contributed by atoms with Gasteiger partial charge in [-0.1, -0.05) is 12.1 Å². The van der Waals surface area contributed by atoms with Crippen molar-refractivity contribution in [2.45, 2.75) is 37.7 Å². The van der Waals surface area contributed by atoms with Gasteiger partial charge < -0.3 is 9.47 Å². The molecule has 1 aliphatic heterocycles. The van der Waals surface area contributed by atoms with Crippen LogP contribution in [0.2, 0.25) is 0 Å². The van der Waals surface area contributed by atoms with E-state index in [1.165, 1.54) is 0 Å². The Morgan fingerprint density at radius 3 is 2.58 bits per heavy atom. The second-order valence-electron chi connectivity index (χ2n) is 6.30. The van der Waals surface area contributed by atoms with Crippen LogP contribution in [-0.4, -0.2) is 37.4 Å². The van der Waals surface area contributed by atoms with Crippen LogP contribution in [0.25, 0.3) is 0 Å². The lowest BCUT2D eigenvalue weighted by molar-refractivity contribution is 0.0122. The molecule has 8 heteroatoms. The number of nitrogens with zero attached hydrogens (tertiary/aromatic N) is 2. The molecule has 2 unspecified atom stereocenters. The van der Waals surface area contributed by atoms with E-state index in [1.807, 2.05) is 19.1 Å². The molecule has 2 heterocycles. The van der Waals surface area contributed by atoms with Crippen LogP contribution in [0.4, 0.5) is 0 Å². The van der Waals surface area contributed by atoms with Gasteiger partial charge in [0.1, 0.15) is 17.1 Å². The molecule has 3 rings (SSSR count). The van der Waals surface area contributed by atoms with Gasteiger partial charge in [-0.15, -0.1) is 0 Å². The summed E-state index contributed by atoms with van der Waals surface area (Å²) in [4.78, 5) is 8.52. The molecule has 1 aromatic heterocycles. The number of benzene rings is 1. The van der Waals surface area contributed by atoms with Gasteiger partial charge in [-0.05, 0) is 43.0 Å². The van der Waals surface area contributed by atoms with Gasteiger partial charge in [-0.3, -0.25) is 0 Å². The van der Waals surface area contributed by atoms with Crippen LogP contribution >= 0.6 is 0 Å². The van der Waals surface area contributed by atoms with E-state index in [0.717, 1.165) is 16.9 Å². The van der Waals surface area contributed by atoms with Gasteiger partial charge in [0.2, 0.25) is 10.0 Å². The van der Waals surface area contributed by atoms with Crippen LogP contribution in [0.15, 0.2) is 36.7 Å². The third kappa shape index (κ3) is 4.38. The van der Waals surface area contributed by atoms with Gasteiger partial charge in [-0.25, -0.2) is 23.1 Å². The molecule has 2 aromatic rings. The van der Waals surface area contributed by atoms with Gasteiger partial charge in [0.15, 0.2) is 5.82 Å². The summed E-state index contributed by atoms with van der Waals surface area (Å²) in [6.45, 7) is 2.60. The van der Waals surface area contributed by atoms with E-state index in [-0.39, 0.29) is 6.54 Å². The lowest BCUT2D eigenvalue weighted by Gasteiger charge is -2.30. The Kier molecular flexibility index (Phi) is 5.85. The first-order valence-electron chi connectivity index (χ1n) is 8.51. The lowest BCUT2D eigenvalue weighted by atomic mass is 10.1. The quantitative estimate of drug-likeness (QED) is 0.829. The zero-order valence-electron chi connectivity index (χ0n) is 14.9. The first kappa shape index (κ1) is 18.8. The van der Waals surface area contributed by atoms with Crippen LogP contribution in [0.5, 0.6) is 5.75 Å². The van der Waals surface area contributed by atoms with Crippen molar-refractivity contribution < 1.29 is 17.9 Å². The maximum Gasteiger partial charge on any atom is 0.217 e. The van der Waals surface area contributed by atoms with Gasteiger partial charge in [0, 0.05) is 25.5 Å². The molecule has 1 fully saturated rings. The predicted octanol–water partition coefficient (Wildman–Crippen LogP) is 2.13. The third-order valence-electron chi connectivity index (χ3n) is 4.36. The zero-order valence-corrected chi connectivity index (χ0v) is 15.7. The Morgan fingerprint density at radius 1 is 1.23 bits per heavy atom. The van der Waals surface area contributed by atoms with Gasteiger partial charge in [-0.2, -0.15) is 0 Å². The summed E-state index contributed by atoms with van der Waals surface area (Å²) in [5.41, 5.74) is 1.77. The normalized spacial score (nSPS) is 20.7. The Morgan fingerprint density at radius 2 is 1.92 bits per heavy atom. The summed E-state index contributed by atoms with van der Waals surface area (Å²) >= 11 is 0. The van der Waals surface area contributed by atoms with E-state index >= 15 is 0 Å². The Balaban J connectivity index is 1.73. The number of sulfonamides is 1. The fourth-order valence-electron chi connectivity index (χ4n) is 2.90. The summed E-state index contributed by atoms with van der Waals surface area (Å²) < 4.78 is 39.2. The number of nitrogens with one attached hydrogen (secondary N) is 1. The van der Waals surface area contributed by atoms with E-state index in [9.17, 15) is 8.42 Å². The van der Waals surface area contributed by atoms with Crippen molar-refractivity contribution in [1.82, 2.24) is 14.7 Å². The van der Waals surface area contributed by atoms with Crippen molar-refractivity contribution in [1.29, 1.82) is 0 Å². The van der Waals surface area contributed by atoms with Crippen LogP contribution in [0.3, 0.4) is 0 Å². The molecule has 1 saturated heterocycles.